The molecular formula is C16H31NO2. The summed E-state index contributed by atoms with van der Waals surface area (Å²) in [7, 11) is 0. The highest BCUT2D eigenvalue weighted by Crippen LogP contribution is 2.49. The molecule has 0 aliphatic heterocycles. The molecule has 0 bridgehead atoms. The van der Waals surface area contributed by atoms with Crippen LogP contribution < -0.4 is 0 Å². The number of carbonyl (C=O) groups is 1. The van der Waals surface area contributed by atoms with Crippen molar-refractivity contribution in [3.8, 4) is 0 Å². The highest BCUT2D eigenvalue weighted by molar-refractivity contribution is 5.68. The molecule has 3 heteroatoms. The van der Waals surface area contributed by atoms with E-state index in [1.807, 2.05) is 0 Å². The molecule has 1 rings (SSSR count). The Kier molecular flexibility index (Phi) is 5.43. The van der Waals surface area contributed by atoms with Gasteiger partial charge in [0.25, 0.3) is 0 Å². The highest BCUT2D eigenvalue weighted by atomic mass is 16.4. The van der Waals surface area contributed by atoms with Gasteiger partial charge in [-0.05, 0) is 37.3 Å². The van der Waals surface area contributed by atoms with E-state index in [2.05, 4.69) is 39.5 Å². The monoisotopic (exact) mass is 269 g/mol. The minimum absolute atomic E-state index is 0.147. The zero-order chi connectivity index (χ0) is 14.7. The molecule has 0 spiro atoms. The predicted molar refractivity (Wildman–Crippen MR) is 79.3 cm³/mol. The molecule has 0 aromatic rings. The number of carboxylic acids is 1. The molecule has 0 saturated heterocycles. The fourth-order valence-corrected chi connectivity index (χ4v) is 4.28. The van der Waals surface area contributed by atoms with Gasteiger partial charge in [0.1, 0.15) is 0 Å². The number of aliphatic carboxylic acids is 1. The molecule has 1 saturated carbocycles. The third-order valence-electron chi connectivity index (χ3n) is 4.90. The van der Waals surface area contributed by atoms with Crippen LogP contribution in [0.1, 0.15) is 66.7 Å². The fraction of sp³-hybridized carbons (Fsp3) is 0.938. The van der Waals surface area contributed by atoms with Gasteiger partial charge < -0.3 is 5.11 Å². The summed E-state index contributed by atoms with van der Waals surface area (Å²) in [5, 5.41) is 9.43. The molecule has 0 aromatic carbocycles. The van der Waals surface area contributed by atoms with Crippen molar-refractivity contribution in [1.82, 2.24) is 4.90 Å². The Morgan fingerprint density at radius 2 is 1.84 bits per heavy atom. The average Bonchev–Trinajstić information content (AvgIpc) is 2.28. The van der Waals surface area contributed by atoms with E-state index in [-0.39, 0.29) is 17.4 Å². The van der Waals surface area contributed by atoms with Crippen molar-refractivity contribution in [3.63, 3.8) is 0 Å². The second kappa shape index (κ2) is 6.25. The maximum Gasteiger partial charge on any atom is 0.305 e. The van der Waals surface area contributed by atoms with Crippen LogP contribution in [0, 0.1) is 11.3 Å². The largest absolute Gasteiger partial charge is 0.481 e. The minimum Gasteiger partial charge on any atom is -0.481 e. The Morgan fingerprint density at radius 1 is 1.26 bits per heavy atom. The number of hydrogen-bond acceptors (Lipinski definition) is 2. The Morgan fingerprint density at radius 3 is 2.26 bits per heavy atom. The smallest absolute Gasteiger partial charge is 0.305 e. The van der Waals surface area contributed by atoms with Gasteiger partial charge in [0.05, 0.1) is 6.42 Å². The van der Waals surface area contributed by atoms with Crippen LogP contribution in [0.3, 0.4) is 0 Å². The van der Waals surface area contributed by atoms with E-state index in [1.54, 1.807) is 0 Å². The lowest BCUT2D eigenvalue weighted by Crippen LogP contribution is -2.59. The summed E-state index contributed by atoms with van der Waals surface area (Å²) in [5.41, 5.74) is 0.0181. The molecule has 0 heterocycles. The Hall–Kier alpha value is -0.570. The van der Waals surface area contributed by atoms with Crippen molar-refractivity contribution in [2.24, 2.45) is 11.3 Å². The zero-order valence-corrected chi connectivity index (χ0v) is 13.3. The number of hydrogen-bond donors (Lipinski definition) is 1. The molecule has 112 valence electrons. The van der Waals surface area contributed by atoms with Crippen molar-refractivity contribution in [2.45, 2.75) is 72.3 Å². The van der Waals surface area contributed by atoms with Crippen molar-refractivity contribution < 1.29 is 9.90 Å². The summed E-state index contributed by atoms with van der Waals surface area (Å²) >= 11 is 0. The lowest BCUT2D eigenvalue weighted by atomic mass is 9.60. The number of carboxylic acid groups (broad SMARTS) is 1. The van der Waals surface area contributed by atoms with E-state index in [0.29, 0.717) is 5.92 Å². The Bertz CT molecular complexity index is 304. The second-order valence-corrected chi connectivity index (χ2v) is 7.01. The summed E-state index contributed by atoms with van der Waals surface area (Å²) in [6, 6.07) is 0. The normalized spacial score (nSPS) is 28.6. The van der Waals surface area contributed by atoms with Gasteiger partial charge in [-0.1, -0.05) is 47.5 Å². The molecule has 3 nitrogen and oxygen atoms in total. The van der Waals surface area contributed by atoms with Crippen molar-refractivity contribution >= 4 is 5.97 Å². The molecule has 1 fully saturated rings. The lowest BCUT2D eigenvalue weighted by molar-refractivity contribution is -0.145. The maximum absolute atomic E-state index is 11.5. The van der Waals surface area contributed by atoms with Crippen LogP contribution >= 0.6 is 0 Å². The van der Waals surface area contributed by atoms with E-state index in [4.69, 9.17) is 0 Å². The first kappa shape index (κ1) is 16.5. The predicted octanol–water partition coefficient (Wildman–Crippen LogP) is 3.78. The van der Waals surface area contributed by atoms with E-state index in [1.165, 1.54) is 6.42 Å². The molecule has 0 aromatic heterocycles. The first-order chi connectivity index (χ1) is 8.78. The van der Waals surface area contributed by atoms with Gasteiger partial charge in [-0.25, -0.2) is 0 Å². The fourth-order valence-electron chi connectivity index (χ4n) is 4.28. The van der Waals surface area contributed by atoms with E-state index < -0.39 is 5.97 Å². The average molecular weight is 269 g/mol. The van der Waals surface area contributed by atoms with Crippen LogP contribution in [0.15, 0.2) is 0 Å². The number of nitrogens with zero attached hydrogens (tertiary/aromatic N) is 1. The Balaban J connectivity index is 3.19. The molecule has 0 radical (unpaired) electrons. The molecular weight excluding hydrogens is 238 g/mol. The Labute approximate surface area is 118 Å². The molecule has 1 aliphatic rings. The van der Waals surface area contributed by atoms with E-state index in [9.17, 15) is 9.90 Å². The van der Waals surface area contributed by atoms with E-state index >= 15 is 0 Å². The second-order valence-electron chi connectivity index (χ2n) is 7.01. The van der Waals surface area contributed by atoms with Crippen LogP contribution in [0.25, 0.3) is 0 Å². The van der Waals surface area contributed by atoms with Crippen LogP contribution in [0.4, 0.5) is 0 Å². The van der Waals surface area contributed by atoms with Crippen LogP contribution in [0.2, 0.25) is 0 Å². The zero-order valence-electron chi connectivity index (χ0n) is 13.3. The first-order valence-electron chi connectivity index (χ1n) is 7.74. The summed E-state index contributed by atoms with van der Waals surface area (Å²) in [6.07, 6.45) is 4.88. The molecule has 1 N–H and O–H groups in total. The topological polar surface area (TPSA) is 40.5 Å². The summed E-state index contributed by atoms with van der Waals surface area (Å²) < 4.78 is 0. The molecule has 0 amide bonds. The SMILES string of the molecule is CCN(CC)C1(CC(=O)O)CCCCC1C(C)(C)C. The van der Waals surface area contributed by atoms with Gasteiger partial charge in [0.2, 0.25) is 0 Å². The molecule has 19 heavy (non-hydrogen) atoms. The van der Waals surface area contributed by atoms with Gasteiger partial charge in [-0.15, -0.1) is 0 Å². The first-order valence-corrected chi connectivity index (χ1v) is 7.74. The lowest BCUT2D eigenvalue weighted by Gasteiger charge is -2.55. The summed E-state index contributed by atoms with van der Waals surface area (Å²) in [5.74, 6) is -0.187. The highest BCUT2D eigenvalue weighted by Gasteiger charge is 2.49. The third kappa shape index (κ3) is 3.50. The van der Waals surface area contributed by atoms with Crippen LogP contribution in [0.5, 0.6) is 0 Å². The molecule has 2 unspecified atom stereocenters. The molecule has 1 aliphatic carbocycles. The van der Waals surface area contributed by atoms with Crippen molar-refractivity contribution in [3.05, 3.63) is 0 Å². The van der Waals surface area contributed by atoms with E-state index in [0.717, 1.165) is 32.4 Å². The van der Waals surface area contributed by atoms with Gasteiger partial charge in [-0.2, -0.15) is 0 Å². The van der Waals surface area contributed by atoms with Crippen molar-refractivity contribution in [2.75, 3.05) is 13.1 Å². The van der Waals surface area contributed by atoms with Crippen molar-refractivity contribution in [1.29, 1.82) is 0 Å². The quantitative estimate of drug-likeness (QED) is 0.825. The minimum atomic E-state index is -0.650. The van der Waals surface area contributed by atoms with Gasteiger partial charge >= 0.3 is 5.97 Å². The standard InChI is InChI=1S/C16H31NO2/c1-6-17(7-2)16(12-14(18)19)11-9-8-10-13(16)15(3,4)5/h13H,6-12H2,1-5H3,(H,18,19). The summed E-state index contributed by atoms with van der Waals surface area (Å²) in [6.45, 7) is 13.0. The third-order valence-corrected chi connectivity index (χ3v) is 4.90. The van der Waals surface area contributed by atoms with Gasteiger partial charge in [-0.3, -0.25) is 9.69 Å². The molecule has 2 atom stereocenters. The number of rotatable bonds is 5. The van der Waals surface area contributed by atoms with Crippen LogP contribution in [-0.4, -0.2) is 34.6 Å². The van der Waals surface area contributed by atoms with Gasteiger partial charge in [0.15, 0.2) is 0 Å². The maximum atomic E-state index is 11.5. The summed E-state index contributed by atoms with van der Waals surface area (Å²) in [4.78, 5) is 13.9. The van der Waals surface area contributed by atoms with Crippen LogP contribution in [-0.2, 0) is 4.79 Å². The van der Waals surface area contributed by atoms with Gasteiger partial charge in [0, 0.05) is 5.54 Å².